The normalized spacial score (nSPS) is 10.9. The second-order valence-electron chi connectivity index (χ2n) is 7.50. The summed E-state index contributed by atoms with van der Waals surface area (Å²) >= 11 is 0. The Morgan fingerprint density at radius 3 is 1.94 bits per heavy atom. The minimum atomic E-state index is -3.79. The van der Waals surface area contributed by atoms with E-state index in [2.05, 4.69) is 5.32 Å². The summed E-state index contributed by atoms with van der Waals surface area (Å²) in [5, 5.41) is 2.79. The van der Waals surface area contributed by atoms with E-state index in [-0.39, 0.29) is 29.3 Å². The van der Waals surface area contributed by atoms with Crippen molar-refractivity contribution < 1.29 is 32.2 Å². The number of sulfonamides is 1. The SMILES string of the molecule is COc1ccc(NC(=O)c2cc(OC)c(OC)cc2N(Cc2ccccc2)S(C)(=O)=O)cc1OC. The first kappa shape index (κ1) is 25.7. The molecular formula is C25H28N2O7S. The van der Waals surface area contributed by atoms with Crippen LogP contribution in [0.5, 0.6) is 23.0 Å². The van der Waals surface area contributed by atoms with Gasteiger partial charge in [-0.05, 0) is 23.8 Å². The largest absolute Gasteiger partial charge is 0.493 e. The number of anilines is 2. The average molecular weight is 501 g/mol. The number of carbonyl (C=O) groups is 1. The lowest BCUT2D eigenvalue weighted by Gasteiger charge is -2.26. The first-order valence-electron chi connectivity index (χ1n) is 10.5. The number of methoxy groups -OCH3 is 4. The molecule has 0 fully saturated rings. The highest BCUT2D eigenvalue weighted by Gasteiger charge is 2.27. The van der Waals surface area contributed by atoms with E-state index < -0.39 is 15.9 Å². The van der Waals surface area contributed by atoms with Crippen LogP contribution in [0.3, 0.4) is 0 Å². The molecule has 35 heavy (non-hydrogen) atoms. The van der Waals surface area contributed by atoms with E-state index in [1.807, 2.05) is 30.3 Å². The summed E-state index contributed by atoms with van der Waals surface area (Å²) in [6.45, 7) is 0.0196. The molecule has 0 radical (unpaired) electrons. The monoisotopic (exact) mass is 500 g/mol. The summed E-state index contributed by atoms with van der Waals surface area (Å²) < 4.78 is 48.2. The third-order valence-electron chi connectivity index (χ3n) is 5.23. The van der Waals surface area contributed by atoms with Gasteiger partial charge >= 0.3 is 0 Å². The number of hydrogen-bond acceptors (Lipinski definition) is 7. The third kappa shape index (κ3) is 5.96. The van der Waals surface area contributed by atoms with Crippen molar-refractivity contribution in [1.29, 1.82) is 0 Å². The summed E-state index contributed by atoms with van der Waals surface area (Å²) in [6, 6.07) is 16.9. The molecule has 9 nitrogen and oxygen atoms in total. The molecule has 1 amide bonds. The summed E-state index contributed by atoms with van der Waals surface area (Å²) in [5.74, 6) is 0.951. The maximum atomic E-state index is 13.4. The van der Waals surface area contributed by atoms with E-state index >= 15 is 0 Å². The fourth-order valence-corrected chi connectivity index (χ4v) is 4.39. The predicted molar refractivity (Wildman–Crippen MR) is 135 cm³/mol. The number of nitrogens with one attached hydrogen (secondary N) is 1. The van der Waals surface area contributed by atoms with Crippen LogP contribution in [0.2, 0.25) is 0 Å². The minimum Gasteiger partial charge on any atom is -0.493 e. The highest BCUT2D eigenvalue weighted by atomic mass is 32.2. The van der Waals surface area contributed by atoms with Crippen molar-refractivity contribution in [2.75, 3.05) is 44.3 Å². The van der Waals surface area contributed by atoms with E-state index in [4.69, 9.17) is 18.9 Å². The molecule has 3 aromatic rings. The molecule has 10 heteroatoms. The van der Waals surface area contributed by atoms with Gasteiger partial charge in [0.05, 0.1) is 52.5 Å². The van der Waals surface area contributed by atoms with Crippen LogP contribution >= 0.6 is 0 Å². The van der Waals surface area contributed by atoms with Gasteiger partial charge in [0.2, 0.25) is 10.0 Å². The zero-order chi connectivity index (χ0) is 25.6. The lowest BCUT2D eigenvalue weighted by atomic mass is 10.1. The van der Waals surface area contributed by atoms with Crippen LogP contribution in [-0.2, 0) is 16.6 Å². The smallest absolute Gasteiger partial charge is 0.257 e. The molecule has 0 aliphatic heterocycles. The van der Waals surface area contributed by atoms with Gasteiger partial charge < -0.3 is 24.3 Å². The number of hydrogen-bond donors (Lipinski definition) is 1. The molecule has 0 spiro atoms. The molecule has 0 aliphatic rings. The highest BCUT2D eigenvalue weighted by molar-refractivity contribution is 7.92. The number of benzene rings is 3. The first-order valence-corrected chi connectivity index (χ1v) is 12.4. The van der Waals surface area contributed by atoms with E-state index in [1.54, 1.807) is 18.2 Å². The lowest BCUT2D eigenvalue weighted by Crippen LogP contribution is -2.31. The standard InChI is InChI=1S/C25H28N2O7S/c1-31-21-12-11-18(13-22(21)32-2)26-25(28)19-14-23(33-3)24(34-4)15-20(19)27(35(5,29)30)16-17-9-7-6-8-10-17/h6-15H,16H2,1-5H3,(H,26,28). The third-order valence-corrected chi connectivity index (χ3v) is 6.35. The number of rotatable bonds is 10. The van der Waals surface area contributed by atoms with Crippen molar-refractivity contribution in [3.63, 3.8) is 0 Å². The second-order valence-corrected chi connectivity index (χ2v) is 9.41. The molecule has 3 rings (SSSR count). The summed E-state index contributed by atoms with van der Waals surface area (Å²) in [5.41, 5.74) is 1.41. The fourth-order valence-electron chi connectivity index (χ4n) is 3.50. The zero-order valence-corrected chi connectivity index (χ0v) is 21.0. The van der Waals surface area contributed by atoms with Crippen LogP contribution in [0.15, 0.2) is 60.7 Å². The number of nitrogens with zero attached hydrogens (tertiary/aromatic N) is 1. The Labute approximate surface area is 205 Å². The van der Waals surface area contributed by atoms with Crippen molar-refractivity contribution in [2.24, 2.45) is 0 Å². The number of carbonyl (C=O) groups excluding carboxylic acids is 1. The highest BCUT2D eigenvalue weighted by Crippen LogP contribution is 2.38. The molecule has 186 valence electrons. The average Bonchev–Trinajstić information content (AvgIpc) is 2.86. The summed E-state index contributed by atoms with van der Waals surface area (Å²) in [4.78, 5) is 13.4. The van der Waals surface area contributed by atoms with Crippen LogP contribution in [0.1, 0.15) is 15.9 Å². The molecular weight excluding hydrogens is 472 g/mol. The zero-order valence-electron chi connectivity index (χ0n) is 20.2. The maximum Gasteiger partial charge on any atom is 0.257 e. The van der Waals surface area contributed by atoms with Crippen molar-refractivity contribution in [2.45, 2.75) is 6.54 Å². The quantitative estimate of drug-likeness (QED) is 0.450. The van der Waals surface area contributed by atoms with Crippen molar-refractivity contribution in [3.05, 3.63) is 71.8 Å². The molecule has 0 saturated heterocycles. The second kappa shape index (κ2) is 11.0. The van der Waals surface area contributed by atoms with Gasteiger partial charge in [-0.1, -0.05) is 30.3 Å². The molecule has 3 aromatic carbocycles. The van der Waals surface area contributed by atoms with Gasteiger partial charge in [-0.15, -0.1) is 0 Å². The van der Waals surface area contributed by atoms with Crippen LogP contribution in [0, 0.1) is 0 Å². The van der Waals surface area contributed by atoms with Gasteiger partial charge in [0.1, 0.15) is 0 Å². The van der Waals surface area contributed by atoms with Crippen LogP contribution in [-0.4, -0.2) is 49.0 Å². The molecule has 0 heterocycles. The van der Waals surface area contributed by atoms with Crippen molar-refractivity contribution >= 4 is 27.3 Å². The molecule has 1 N–H and O–H groups in total. The Balaban J connectivity index is 2.11. The van der Waals surface area contributed by atoms with Gasteiger partial charge in [0.15, 0.2) is 23.0 Å². The predicted octanol–water partition coefficient (Wildman–Crippen LogP) is 3.94. The van der Waals surface area contributed by atoms with Gasteiger partial charge in [-0.2, -0.15) is 0 Å². The van der Waals surface area contributed by atoms with Crippen LogP contribution < -0.4 is 28.6 Å². The van der Waals surface area contributed by atoms with Crippen molar-refractivity contribution in [1.82, 2.24) is 0 Å². The van der Waals surface area contributed by atoms with Crippen LogP contribution in [0.4, 0.5) is 11.4 Å². The van der Waals surface area contributed by atoms with Gasteiger partial charge in [0, 0.05) is 17.8 Å². The minimum absolute atomic E-state index is 0.0196. The summed E-state index contributed by atoms with van der Waals surface area (Å²) in [7, 11) is 2.09. The van der Waals surface area contributed by atoms with E-state index in [1.165, 1.54) is 40.6 Å². The lowest BCUT2D eigenvalue weighted by molar-refractivity contribution is 0.102. The van der Waals surface area contributed by atoms with Gasteiger partial charge in [-0.3, -0.25) is 9.10 Å². The Hall–Kier alpha value is -3.92. The van der Waals surface area contributed by atoms with E-state index in [0.29, 0.717) is 17.2 Å². The van der Waals surface area contributed by atoms with E-state index in [0.717, 1.165) is 16.1 Å². The van der Waals surface area contributed by atoms with Crippen molar-refractivity contribution in [3.8, 4) is 23.0 Å². The molecule has 0 saturated carbocycles. The number of amides is 1. The molecule has 0 bridgehead atoms. The molecule has 0 unspecified atom stereocenters. The topological polar surface area (TPSA) is 103 Å². The molecule has 0 aliphatic carbocycles. The molecule has 0 aromatic heterocycles. The Morgan fingerprint density at radius 2 is 1.37 bits per heavy atom. The maximum absolute atomic E-state index is 13.4. The Morgan fingerprint density at radius 1 is 0.800 bits per heavy atom. The molecule has 0 atom stereocenters. The number of ether oxygens (including phenoxy) is 4. The summed E-state index contributed by atoms with van der Waals surface area (Å²) in [6.07, 6.45) is 1.09. The Bertz CT molecular complexity index is 1290. The van der Waals surface area contributed by atoms with Crippen LogP contribution in [0.25, 0.3) is 0 Å². The van der Waals surface area contributed by atoms with E-state index in [9.17, 15) is 13.2 Å². The Kier molecular flexibility index (Phi) is 8.08. The fraction of sp³-hybridized carbons (Fsp3) is 0.240. The first-order chi connectivity index (χ1) is 16.7. The van der Waals surface area contributed by atoms with Gasteiger partial charge in [-0.25, -0.2) is 8.42 Å². The van der Waals surface area contributed by atoms with Gasteiger partial charge in [0.25, 0.3) is 5.91 Å².